The largest absolute Gasteiger partial charge is 0.597 e. The SMILES string of the molecule is COc1ccc2c3c1C(C)(C)[S+]([O-])N[C@H]3C1(CCN(c3nc(C)cc(C#N)n3)CC1)C2. The molecule has 8 heteroatoms. The van der Waals surface area contributed by atoms with Crippen LogP contribution in [0.5, 0.6) is 5.75 Å². The van der Waals surface area contributed by atoms with Gasteiger partial charge in [-0.2, -0.15) is 5.26 Å². The molecule has 1 unspecified atom stereocenters. The van der Waals surface area contributed by atoms with Gasteiger partial charge in [-0.3, -0.25) is 0 Å². The Morgan fingerprint density at radius 3 is 2.71 bits per heavy atom. The molecule has 1 spiro atoms. The Morgan fingerprint density at radius 2 is 2.03 bits per heavy atom. The van der Waals surface area contributed by atoms with Crippen molar-refractivity contribution in [3.8, 4) is 11.8 Å². The number of benzene rings is 1. The van der Waals surface area contributed by atoms with Gasteiger partial charge in [-0.25, -0.2) is 9.97 Å². The van der Waals surface area contributed by atoms with Crippen LogP contribution in [0.25, 0.3) is 0 Å². The van der Waals surface area contributed by atoms with Crippen LogP contribution in [0.1, 0.15) is 60.8 Å². The Hall–Kier alpha value is -2.34. The molecular weight excluding hydrogens is 410 g/mol. The summed E-state index contributed by atoms with van der Waals surface area (Å²) in [6.07, 6.45) is 2.85. The molecule has 2 atom stereocenters. The summed E-state index contributed by atoms with van der Waals surface area (Å²) in [4.78, 5) is 11.2. The molecule has 1 N–H and O–H groups in total. The predicted octanol–water partition coefficient (Wildman–Crippen LogP) is 3.05. The second-order valence-corrected chi connectivity index (χ2v) is 11.2. The van der Waals surface area contributed by atoms with Crippen molar-refractivity contribution in [2.45, 2.75) is 50.8 Å². The molecule has 162 valence electrons. The standard InChI is InChI=1S/C23H27N5O2S/c1-14-11-16(13-24)26-21(25-14)28-9-7-23(8-10-28)12-15-5-6-17(30-4)19-18(15)20(23)27-31(29)22(19,2)3/h5-6,11,20,27H,7-10,12H2,1-4H3/t20-,31?/m1/s1. The highest BCUT2D eigenvalue weighted by Crippen LogP contribution is 2.59. The lowest BCUT2D eigenvalue weighted by Crippen LogP contribution is -2.53. The van der Waals surface area contributed by atoms with Crippen molar-refractivity contribution in [3.63, 3.8) is 0 Å². The number of piperidine rings is 1. The summed E-state index contributed by atoms with van der Waals surface area (Å²) in [5.74, 6) is 1.46. The molecule has 1 saturated heterocycles. The van der Waals surface area contributed by atoms with Crippen LogP contribution in [-0.4, -0.2) is 34.7 Å². The van der Waals surface area contributed by atoms with Gasteiger partial charge in [0.1, 0.15) is 17.5 Å². The third-order valence-corrected chi connectivity index (χ3v) is 8.83. The van der Waals surface area contributed by atoms with Crippen molar-refractivity contribution in [1.82, 2.24) is 14.7 Å². The number of hydrogen-bond donors (Lipinski definition) is 1. The predicted molar refractivity (Wildman–Crippen MR) is 119 cm³/mol. The van der Waals surface area contributed by atoms with E-state index in [0.29, 0.717) is 11.6 Å². The Bertz CT molecular complexity index is 1090. The normalized spacial score (nSPS) is 25.2. The Kier molecular flexibility index (Phi) is 4.70. The lowest BCUT2D eigenvalue weighted by atomic mass is 9.72. The Labute approximate surface area is 186 Å². The number of fused-ring (bicyclic) bond motifs is 1. The first-order valence-corrected chi connectivity index (χ1v) is 11.8. The van der Waals surface area contributed by atoms with E-state index in [-0.39, 0.29) is 11.5 Å². The van der Waals surface area contributed by atoms with E-state index < -0.39 is 16.1 Å². The minimum atomic E-state index is -1.20. The van der Waals surface area contributed by atoms with Crippen LogP contribution in [0.3, 0.4) is 0 Å². The fraction of sp³-hybridized carbons (Fsp3) is 0.522. The number of ether oxygens (including phenoxy) is 1. The topological polar surface area (TPSA) is 97.1 Å². The molecule has 0 amide bonds. The molecule has 3 heterocycles. The molecule has 5 rings (SSSR count). The van der Waals surface area contributed by atoms with Gasteiger partial charge in [-0.15, -0.1) is 4.72 Å². The van der Waals surface area contributed by atoms with Crippen molar-refractivity contribution in [3.05, 3.63) is 46.3 Å². The molecule has 7 nitrogen and oxygen atoms in total. The number of aromatic nitrogens is 2. The highest BCUT2D eigenvalue weighted by molar-refractivity contribution is 7.90. The van der Waals surface area contributed by atoms with Gasteiger partial charge in [0.15, 0.2) is 4.75 Å². The summed E-state index contributed by atoms with van der Waals surface area (Å²) in [6.45, 7) is 7.56. The van der Waals surface area contributed by atoms with E-state index in [4.69, 9.17) is 4.74 Å². The summed E-state index contributed by atoms with van der Waals surface area (Å²) in [5.41, 5.74) is 4.93. The number of rotatable bonds is 2. The maximum Gasteiger partial charge on any atom is 0.226 e. The quantitative estimate of drug-likeness (QED) is 0.721. The number of aryl methyl sites for hydroxylation is 1. The van der Waals surface area contributed by atoms with E-state index in [2.05, 4.69) is 31.7 Å². The van der Waals surface area contributed by atoms with Crippen LogP contribution in [0.2, 0.25) is 0 Å². The second kappa shape index (κ2) is 7.09. The first kappa shape index (κ1) is 20.6. The zero-order chi connectivity index (χ0) is 22.0. The lowest BCUT2D eigenvalue weighted by Gasteiger charge is -2.46. The summed E-state index contributed by atoms with van der Waals surface area (Å²) in [5, 5.41) is 9.26. The van der Waals surface area contributed by atoms with E-state index in [1.54, 1.807) is 13.2 Å². The van der Waals surface area contributed by atoms with Crippen molar-refractivity contribution < 1.29 is 9.29 Å². The number of nitrogens with one attached hydrogen (secondary N) is 1. The van der Waals surface area contributed by atoms with E-state index in [1.165, 1.54) is 11.1 Å². The lowest BCUT2D eigenvalue weighted by molar-refractivity contribution is 0.172. The van der Waals surface area contributed by atoms with Crippen molar-refractivity contribution in [1.29, 1.82) is 5.26 Å². The molecule has 1 fully saturated rings. The van der Waals surface area contributed by atoms with Crippen LogP contribution < -0.4 is 14.4 Å². The first-order valence-electron chi connectivity index (χ1n) is 10.7. The van der Waals surface area contributed by atoms with Crippen LogP contribution in [0, 0.1) is 23.7 Å². The van der Waals surface area contributed by atoms with Crippen molar-refractivity contribution in [2.24, 2.45) is 5.41 Å². The van der Waals surface area contributed by atoms with Gasteiger partial charge in [0.25, 0.3) is 0 Å². The maximum absolute atomic E-state index is 13.2. The van der Waals surface area contributed by atoms with Gasteiger partial charge in [-0.1, -0.05) is 6.07 Å². The average Bonchev–Trinajstić information content (AvgIpc) is 3.04. The van der Waals surface area contributed by atoms with Crippen LogP contribution in [0.4, 0.5) is 5.95 Å². The summed E-state index contributed by atoms with van der Waals surface area (Å²) in [6, 6.07) is 8.11. The number of nitriles is 1. The van der Waals surface area contributed by atoms with Gasteiger partial charge in [0.2, 0.25) is 5.95 Å². The summed E-state index contributed by atoms with van der Waals surface area (Å²) in [7, 11) is 1.69. The molecule has 0 saturated carbocycles. The zero-order valence-electron chi connectivity index (χ0n) is 18.4. The molecule has 0 radical (unpaired) electrons. The highest BCUT2D eigenvalue weighted by Gasteiger charge is 2.57. The monoisotopic (exact) mass is 437 g/mol. The number of methoxy groups -OCH3 is 1. The summed E-state index contributed by atoms with van der Waals surface area (Å²) >= 11 is -1.20. The molecular formula is C23H27N5O2S. The summed E-state index contributed by atoms with van der Waals surface area (Å²) < 4.78 is 21.9. The minimum Gasteiger partial charge on any atom is -0.597 e. The fourth-order valence-corrected chi connectivity index (χ4v) is 6.88. The Morgan fingerprint density at radius 1 is 1.29 bits per heavy atom. The van der Waals surface area contributed by atoms with E-state index in [9.17, 15) is 9.81 Å². The molecule has 2 aliphatic heterocycles. The van der Waals surface area contributed by atoms with Gasteiger partial charge in [0.05, 0.1) is 18.7 Å². The molecule has 1 aromatic carbocycles. The van der Waals surface area contributed by atoms with Crippen LogP contribution in [-0.2, 0) is 22.5 Å². The van der Waals surface area contributed by atoms with Crippen molar-refractivity contribution in [2.75, 3.05) is 25.1 Å². The van der Waals surface area contributed by atoms with E-state index in [0.717, 1.165) is 49.4 Å². The number of hydrogen-bond acceptors (Lipinski definition) is 7. The van der Waals surface area contributed by atoms with Gasteiger partial charge in [0, 0.05) is 35.6 Å². The molecule has 3 aliphatic rings. The zero-order valence-corrected chi connectivity index (χ0v) is 19.2. The van der Waals surface area contributed by atoms with Gasteiger partial charge < -0.3 is 14.2 Å². The molecule has 0 bridgehead atoms. The molecule has 31 heavy (non-hydrogen) atoms. The maximum atomic E-state index is 13.2. The smallest absolute Gasteiger partial charge is 0.226 e. The van der Waals surface area contributed by atoms with E-state index >= 15 is 0 Å². The number of nitrogens with zero attached hydrogens (tertiary/aromatic N) is 4. The third kappa shape index (κ3) is 3.02. The fourth-order valence-electron chi connectivity index (χ4n) is 5.61. The second-order valence-electron chi connectivity index (χ2n) is 9.38. The van der Waals surface area contributed by atoms with Gasteiger partial charge in [-0.05, 0) is 63.3 Å². The average molecular weight is 438 g/mol. The molecule has 1 aromatic heterocycles. The van der Waals surface area contributed by atoms with Crippen LogP contribution in [0.15, 0.2) is 18.2 Å². The minimum absolute atomic E-state index is 0.00793. The van der Waals surface area contributed by atoms with Crippen LogP contribution >= 0.6 is 0 Å². The highest BCUT2D eigenvalue weighted by atomic mass is 32.2. The molecule has 2 aromatic rings. The Balaban J connectivity index is 1.48. The third-order valence-electron chi connectivity index (χ3n) is 7.25. The molecule has 1 aliphatic carbocycles. The van der Waals surface area contributed by atoms with E-state index in [1.807, 2.05) is 26.8 Å². The number of anilines is 1. The van der Waals surface area contributed by atoms with Gasteiger partial charge >= 0.3 is 0 Å². The first-order chi connectivity index (χ1) is 14.8. The van der Waals surface area contributed by atoms with Crippen molar-refractivity contribution >= 4 is 17.3 Å².